The van der Waals surface area contributed by atoms with Crippen molar-refractivity contribution in [3.8, 4) is 5.75 Å². The second-order valence-electron chi connectivity index (χ2n) is 6.68. The molecule has 0 spiro atoms. The molecular formula is C18H25NO2. The van der Waals surface area contributed by atoms with Gasteiger partial charge in [-0.15, -0.1) is 0 Å². The number of rotatable bonds is 4. The van der Waals surface area contributed by atoms with Crippen molar-refractivity contribution in [3.63, 3.8) is 0 Å². The molecule has 0 bridgehead atoms. The SMILES string of the molecule is COc1ccccc1C1CC1C(=O)N1CCCC1C(C)C. The Balaban J connectivity index is 1.71. The van der Waals surface area contributed by atoms with E-state index in [2.05, 4.69) is 24.8 Å². The molecule has 1 amide bonds. The van der Waals surface area contributed by atoms with E-state index in [1.807, 2.05) is 18.2 Å². The summed E-state index contributed by atoms with van der Waals surface area (Å²) in [6.45, 7) is 5.39. The molecule has 0 N–H and O–H groups in total. The summed E-state index contributed by atoms with van der Waals surface area (Å²) >= 11 is 0. The quantitative estimate of drug-likeness (QED) is 0.849. The van der Waals surface area contributed by atoms with E-state index in [1.54, 1.807) is 7.11 Å². The highest BCUT2D eigenvalue weighted by molar-refractivity contribution is 5.83. The van der Waals surface area contributed by atoms with E-state index >= 15 is 0 Å². The Morgan fingerprint density at radius 1 is 1.33 bits per heavy atom. The van der Waals surface area contributed by atoms with Crippen molar-refractivity contribution in [3.05, 3.63) is 29.8 Å². The highest BCUT2D eigenvalue weighted by Gasteiger charge is 2.48. The lowest BCUT2D eigenvalue weighted by atomic mass is 10.0. The Bertz CT molecular complexity index is 526. The van der Waals surface area contributed by atoms with Crippen molar-refractivity contribution in [1.82, 2.24) is 4.90 Å². The van der Waals surface area contributed by atoms with Gasteiger partial charge in [-0.25, -0.2) is 0 Å². The average Bonchev–Trinajstić information content (AvgIpc) is 3.13. The van der Waals surface area contributed by atoms with Crippen molar-refractivity contribution < 1.29 is 9.53 Å². The van der Waals surface area contributed by atoms with E-state index in [9.17, 15) is 4.79 Å². The van der Waals surface area contributed by atoms with Gasteiger partial charge in [0.1, 0.15) is 5.75 Å². The van der Waals surface area contributed by atoms with E-state index < -0.39 is 0 Å². The van der Waals surface area contributed by atoms with Crippen LogP contribution in [0.25, 0.3) is 0 Å². The third-order valence-electron chi connectivity index (χ3n) is 5.00. The molecule has 3 rings (SSSR count). The first kappa shape index (κ1) is 14.4. The number of ether oxygens (including phenoxy) is 1. The summed E-state index contributed by atoms with van der Waals surface area (Å²) in [5.41, 5.74) is 1.19. The van der Waals surface area contributed by atoms with Crippen LogP contribution in [0, 0.1) is 11.8 Å². The van der Waals surface area contributed by atoms with Crippen LogP contribution in [0.1, 0.15) is 44.6 Å². The molecule has 3 atom stereocenters. The number of nitrogens with zero attached hydrogens (tertiary/aromatic N) is 1. The molecule has 2 aliphatic rings. The molecule has 0 aromatic heterocycles. The molecule has 1 heterocycles. The second kappa shape index (κ2) is 5.70. The molecule has 114 valence electrons. The van der Waals surface area contributed by atoms with Gasteiger partial charge < -0.3 is 9.64 Å². The fourth-order valence-electron chi connectivity index (χ4n) is 3.76. The predicted octanol–water partition coefficient (Wildman–Crippen LogP) is 3.45. The summed E-state index contributed by atoms with van der Waals surface area (Å²) in [5, 5.41) is 0. The number of hydrogen-bond donors (Lipinski definition) is 0. The summed E-state index contributed by atoms with van der Waals surface area (Å²) < 4.78 is 5.43. The van der Waals surface area contributed by atoms with Crippen LogP contribution >= 0.6 is 0 Å². The lowest BCUT2D eigenvalue weighted by molar-refractivity contribution is -0.134. The predicted molar refractivity (Wildman–Crippen MR) is 83.4 cm³/mol. The van der Waals surface area contributed by atoms with Crippen LogP contribution in [-0.2, 0) is 4.79 Å². The second-order valence-corrected chi connectivity index (χ2v) is 6.68. The smallest absolute Gasteiger partial charge is 0.226 e. The Kier molecular flexibility index (Phi) is 3.92. The molecule has 21 heavy (non-hydrogen) atoms. The van der Waals surface area contributed by atoms with Gasteiger partial charge in [0.25, 0.3) is 0 Å². The molecule has 2 fully saturated rings. The first-order valence-electron chi connectivity index (χ1n) is 8.07. The van der Waals surface area contributed by atoms with Gasteiger partial charge in [-0.05, 0) is 42.7 Å². The van der Waals surface area contributed by atoms with E-state index in [4.69, 9.17) is 4.74 Å². The standard InChI is InChI=1S/C18H25NO2/c1-12(2)16-8-6-10-19(16)18(20)15-11-14(15)13-7-4-5-9-17(13)21-3/h4-5,7,9,12,14-16H,6,8,10-11H2,1-3H3. The van der Waals surface area contributed by atoms with Gasteiger partial charge in [0, 0.05) is 18.5 Å². The number of benzene rings is 1. The average molecular weight is 287 g/mol. The summed E-state index contributed by atoms with van der Waals surface area (Å²) in [7, 11) is 1.70. The van der Waals surface area contributed by atoms with Crippen molar-refractivity contribution in [1.29, 1.82) is 0 Å². The van der Waals surface area contributed by atoms with Gasteiger partial charge >= 0.3 is 0 Å². The van der Waals surface area contributed by atoms with Gasteiger partial charge in [-0.3, -0.25) is 4.79 Å². The zero-order valence-electron chi connectivity index (χ0n) is 13.2. The van der Waals surface area contributed by atoms with Crippen LogP contribution in [-0.4, -0.2) is 30.5 Å². The first-order valence-corrected chi connectivity index (χ1v) is 8.07. The first-order chi connectivity index (χ1) is 10.1. The van der Waals surface area contributed by atoms with Gasteiger partial charge in [-0.2, -0.15) is 0 Å². The molecule has 0 radical (unpaired) electrons. The Hall–Kier alpha value is -1.51. The van der Waals surface area contributed by atoms with E-state index in [-0.39, 0.29) is 5.92 Å². The monoisotopic (exact) mass is 287 g/mol. The van der Waals surface area contributed by atoms with Gasteiger partial charge in [-0.1, -0.05) is 32.0 Å². The fraction of sp³-hybridized carbons (Fsp3) is 0.611. The molecule has 1 aliphatic heterocycles. The van der Waals surface area contributed by atoms with Crippen molar-refractivity contribution in [2.24, 2.45) is 11.8 Å². The highest BCUT2D eigenvalue weighted by atomic mass is 16.5. The number of likely N-dealkylation sites (tertiary alicyclic amines) is 1. The minimum absolute atomic E-state index is 0.167. The van der Waals surface area contributed by atoms with Crippen molar-refractivity contribution >= 4 is 5.91 Å². The van der Waals surface area contributed by atoms with E-state index in [0.29, 0.717) is 23.8 Å². The largest absolute Gasteiger partial charge is 0.496 e. The Morgan fingerprint density at radius 2 is 2.10 bits per heavy atom. The minimum atomic E-state index is 0.167. The number of amides is 1. The van der Waals surface area contributed by atoms with Gasteiger partial charge in [0.2, 0.25) is 5.91 Å². The minimum Gasteiger partial charge on any atom is -0.496 e. The zero-order valence-corrected chi connectivity index (χ0v) is 13.2. The fourth-order valence-corrected chi connectivity index (χ4v) is 3.76. The Labute approximate surface area is 127 Å². The Morgan fingerprint density at radius 3 is 2.81 bits per heavy atom. The maximum atomic E-state index is 12.8. The molecule has 3 unspecified atom stereocenters. The molecule has 1 aliphatic carbocycles. The van der Waals surface area contributed by atoms with Gasteiger partial charge in [0.15, 0.2) is 0 Å². The van der Waals surface area contributed by atoms with E-state index in [0.717, 1.165) is 31.6 Å². The third-order valence-corrected chi connectivity index (χ3v) is 5.00. The maximum absolute atomic E-state index is 12.8. The van der Waals surface area contributed by atoms with Crippen LogP contribution in [0.2, 0.25) is 0 Å². The number of hydrogen-bond acceptors (Lipinski definition) is 2. The van der Waals surface area contributed by atoms with Gasteiger partial charge in [0.05, 0.1) is 7.11 Å². The molecule has 1 aromatic rings. The molecule has 3 heteroatoms. The molecule has 1 saturated carbocycles. The van der Waals surface area contributed by atoms with Crippen LogP contribution in [0.4, 0.5) is 0 Å². The summed E-state index contributed by atoms with van der Waals surface area (Å²) in [5.74, 6) is 2.35. The zero-order chi connectivity index (χ0) is 15.0. The normalized spacial score (nSPS) is 28.0. The molecular weight excluding hydrogens is 262 g/mol. The summed E-state index contributed by atoms with van der Waals surface area (Å²) in [6.07, 6.45) is 3.29. The van der Waals surface area contributed by atoms with Crippen LogP contribution in [0.15, 0.2) is 24.3 Å². The summed E-state index contributed by atoms with van der Waals surface area (Å²) in [6, 6.07) is 8.54. The van der Waals surface area contributed by atoms with Crippen molar-refractivity contribution in [2.45, 2.75) is 45.1 Å². The highest BCUT2D eigenvalue weighted by Crippen LogP contribution is 2.51. The molecule has 3 nitrogen and oxygen atoms in total. The van der Waals surface area contributed by atoms with Crippen LogP contribution in [0.3, 0.4) is 0 Å². The summed E-state index contributed by atoms with van der Waals surface area (Å²) in [4.78, 5) is 14.9. The molecule has 1 aromatic carbocycles. The number of para-hydroxylation sites is 1. The maximum Gasteiger partial charge on any atom is 0.226 e. The van der Waals surface area contributed by atoms with E-state index in [1.165, 1.54) is 5.56 Å². The third kappa shape index (κ3) is 2.66. The topological polar surface area (TPSA) is 29.5 Å². The van der Waals surface area contributed by atoms with Crippen LogP contribution < -0.4 is 4.74 Å². The number of carbonyl (C=O) groups excluding carboxylic acids is 1. The number of methoxy groups -OCH3 is 1. The lowest BCUT2D eigenvalue weighted by Gasteiger charge is -2.28. The molecule has 1 saturated heterocycles. The number of carbonyl (C=O) groups is 1. The van der Waals surface area contributed by atoms with Crippen LogP contribution in [0.5, 0.6) is 5.75 Å². The van der Waals surface area contributed by atoms with Crippen molar-refractivity contribution in [2.75, 3.05) is 13.7 Å². The lowest BCUT2D eigenvalue weighted by Crippen LogP contribution is -2.39.